The summed E-state index contributed by atoms with van der Waals surface area (Å²) in [5.74, 6) is -0.0871. The minimum Gasteiger partial charge on any atom is -0.497 e. The van der Waals surface area contributed by atoms with Crippen molar-refractivity contribution in [1.29, 1.82) is 0 Å². The molecule has 1 heterocycles. The van der Waals surface area contributed by atoms with Crippen LogP contribution >= 0.6 is 23.1 Å². The fraction of sp³-hybridized carbons (Fsp3) is 0.312. The van der Waals surface area contributed by atoms with Crippen LogP contribution < -0.4 is 10.1 Å². The zero-order chi connectivity index (χ0) is 17.7. The van der Waals surface area contributed by atoms with E-state index in [2.05, 4.69) is 10.3 Å². The smallest absolute Gasteiger partial charge is 0.347 e. The lowest BCUT2D eigenvalue weighted by Gasteiger charge is -2.11. The predicted octanol–water partition coefficient (Wildman–Crippen LogP) is 3.13. The Bertz CT molecular complexity index is 728. The van der Waals surface area contributed by atoms with E-state index < -0.39 is 5.97 Å². The Labute approximate surface area is 148 Å². The van der Waals surface area contributed by atoms with Crippen LogP contribution in [0.15, 0.2) is 29.2 Å². The van der Waals surface area contributed by atoms with E-state index in [9.17, 15) is 9.59 Å². The molecule has 0 bridgehead atoms. The van der Waals surface area contributed by atoms with E-state index in [0.29, 0.717) is 10.7 Å². The van der Waals surface area contributed by atoms with Gasteiger partial charge in [0.15, 0.2) is 0 Å². The number of carboxylic acid groups (broad SMARTS) is 1. The maximum absolute atomic E-state index is 12.1. The van der Waals surface area contributed by atoms with E-state index in [1.807, 2.05) is 24.3 Å². The summed E-state index contributed by atoms with van der Waals surface area (Å²) in [7, 11) is 1.60. The molecule has 2 rings (SSSR count). The van der Waals surface area contributed by atoms with Gasteiger partial charge in [-0.2, -0.15) is 0 Å². The zero-order valence-corrected chi connectivity index (χ0v) is 15.2. The van der Waals surface area contributed by atoms with Crippen molar-refractivity contribution in [1.82, 2.24) is 10.3 Å². The molecule has 2 N–H and O–H groups in total. The van der Waals surface area contributed by atoms with Crippen LogP contribution in [0.3, 0.4) is 0 Å². The molecule has 24 heavy (non-hydrogen) atoms. The fourth-order valence-electron chi connectivity index (χ4n) is 1.97. The molecule has 0 saturated heterocycles. The number of hydrogen-bond acceptors (Lipinski definition) is 6. The van der Waals surface area contributed by atoms with Crippen LogP contribution in [0.5, 0.6) is 5.75 Å². The molecule has 0 aliphatic rings. The van der Waals surface area contributed by atoms with Gasteiger partial charge in [-0.15, -0.1) is 23.1 Å². The minimum absolute atomic E-state index is 0.131. The summed E-state index contributed by atoms with van der Waals surface area (Å²) in [5.41, 5.74) is 0.469. The van der Waals surface area contributed by atoms with Crippen LogP contribution in [0, 0.1) is 6.92 Å². The topological polar surface area (TPSA) is 88.5 Å². The molecule has 1 unspecified atom stereocenters. The van der Waals surface area contributed by atoms with Gasteiger partial charge >= 0.3 is 5.97 Å². The number of thioether (sulfide) groups is 1. The van der Waals surface area contributed by atoms with Crippen LogP contribution in [0.2, 0.25) is 0 Å². The highest BCUT2D eigenvalue weighted by molar-refractivity contribution is 8.00. The summed E-state index contributed by atoms with van der Waals surface area (Å²) in [6.45, 7) is 3.44. The highest BCUT2D eigenvalue weighted by Crippen LogP contribution is 2.24. The van der Waals surface area contributed by atoms with Gasteiger partial charge in [-0.1, -0.05) is 0 Å². The number of aromatic carboxylic acids is 1. The number of thiazole rings is 1. The molecule has 0 aliphatic heterocycles. The van der Waals surface area contributed by atoms with Gasteiger partial charge in [-0.3, -0.25) is 4.79 Å². The SMILES string of the molecule is COc1ccc(SCC(=O)NC(C)c2nc(C)c(C(=O)O)s2)cc1. The quantitative estimate of drug-likeness (QED) is 0.732. The maximum atomic E-state index is 12.1. The van der Waals surface area contributed by atoms with Gasteiger partial charge in [0.25, 0.3) is 0 Å². The fourth-order valence-corrected chi connectivity index (χ4v) is 3.58. The van der Waals surface area contributed by atoms with Gasteiger partial charge in [-0.05, 0) is 38.1 Å². The lowest BCUT2D eigenvalue weighted by molar-refractivity contribution is -0.119. The van der Waals surface area contributed by atoms with Gasteiger partial charge in [0.1, 0.15) is 15.6 Å². The van der Waals surface area contributed by atoms with Crippen LogP contribution in [0.1, 0.15) is 33.3 Å². The molecule has 1 aromatic heterocycles. The number of hydrogen-bond donors (Lipinski definition) is 2. The van der Waals surface area contributed by atoms with E-state index in [-0.39, 0.29) is 22.6 Å². The summed E-state index contributed by atoms with van der Waals surface area (Å²) < 4.78 is 5.09. The molecule has 8 heteroatoms. The summed E-state index contributed by atoms with van der Waals surface area (Å²) >= 11 is 2.51. The third-order valence-electron chi connectivity index (χ3n) is 3.18. The lowest BCUT2D eigenvalue weighted by atomic mass is 10.3. The standard InChI is InChI=1S/C16H18N2O4S2/c1-9-14(16(20)21)24-15(18-9)10(2)17-13(19)8-23-12-6-4-11(22-3)5-7-12/h4-7,10H,8H2,1-3H3,(H,17,19)(H,20,21). The first kappa shape index (κ1) is 18.3. The van der Waals surface area contributed by atoms with Gasteiger partial charge < -0.3 is 15.2 Å². The molecule has 0 aliphatic carbocycles. The van der Waals surface area contributed by atoms with Crippen LogP contribution in [-0.2, 0) is 4.79 Å². The maximum Gasteiger partial charge on any atom is 0.347 e. The van der Waals surface area contributed by atoms with Crippen molar-refractivity contribution in [3.63, 3.8) is 0 Å². The Morgan fingerprint density at radius 1 is 1.38 bits per heavy atom. The van der Waals surface area contributed by atoms with Crippen molar-refractivity contribution >= 4 is 35.0 Å². The van der Waals surface area contributed by atoms with Crippen molar-refractivity contribution in [3.05, 3.63) is 39.8 Å². The Balaban J connectivity index is 1.89. The number of carbonyl (C=O) groups is 2. The molecule has 1 aromatic carbocycles. The predicted molar refractivity (Wildman–Crippen MR) is 94.1 cm³/mol. The van der Waals surface area contributed by atoms with Crippen LogP contribution in [0.25, 0.3) is 0 Å². The number of nitrogens with one attached hydrogen (secondary N) is 1. The van der Waals surface area contributed by atoms with Gasteiger partial charge in [-0.25, -0.2) is 9.78 Å². The highest BCUT2D eigenvalue weighted by atomic mass is 32.2. The first-order valence-corrected chi connectivity index (χ1v) is 8.97. The average Bonchev–Trinajstić information content (AvgIpc) is 2.95. The molecule has 1 amide bonds. The van der Waals surface area contributed by atoms with Crippen molar-refractivity contribution in [2.45, 2.75) is 24.8 Å². The first-order chi connectivity index (χ1) is 11.4. The van der Waals surface area contributed by atoms with Crippen molar-refractivity contribution in [3.8, 4) is 5.75 Å². The van der Waals surface area contributed by atoms with Crippen molar-refractivity contribution in [2.24, 2.45) is 0 Å². The number of aryl methyl sites for hydroxylation is 1. The molecule has 0 radical (unpaired) electrons. The number of nitrogens with zero attached hydrogens (tertiary/aromatic N) is 1. The van der Waals surface area contributed by atoms with E-state index in [1.165, 1.54) is 11.8 Å². The van der Waals surface area contributed by atoms with Gasteiger partial charge in [0, 0.05) is 4.90 Å². The minimum atomic E-state index is -0.996. The average molecular weight is 366 g/mol. The molecule has 0 spiro atoms. The van der Waals surface area contributed by atoms with Crippen LogP contribution in [-0.4, -0.2) is 34.8 Å². The summed E-state index contributed by atoms with van der Waals surface area (Å²) in [4.78, 5) is 28.5. The summed E-state index contributed by atoms with van der Waals surface area (Å²) in [6, 6.07) is 7.14. The molecule has 0 saturated carbocycles. The highest BCUT2D eigenvalue weighted by Gasteiger charge is 2.19. The second-order valence-electron chi connectivity index (χ2n) is 5.03. The Morgan fingerprint density at radius 3 is 2.58 bits per heavy atom. The normalized spacial score (nSPS) is 11.8. The Hall–Kier alpha value is -2.06. The van der Waals surface area contributed by atoms with Crippen molar-refractivity contribution in [2.75, 3.05) is 12.9 Å². The molecule has 2 aromatic rings. The molecular formula is C16H18N2O4S2. The van der Waals surface area contributed by atoms with Crippen LogP contribution in [0.4, 0.5) is 0 Å². The van der Waals surface area contributed by atoms with Gasteiger partial charge in [0.2, 0.25) is 5.91 Å². The molecule has 0 fully saturated rings. The number of methoxy groups -OCH3 is 1. The second-order valence-corrected chi connectivity index (χ2v) is 7.10. The Morgan fingerprint density at radius 2 is 2.04 bits per heavy atom. The first-order valence-electron chi connectivity index (χ1n) is 7.17. The molecule has 128 valence electrons. The third kappa shape index (κ3) is 4.72. The summed E-state index contributed by atoms with van der Waals surface area (Å²) in [5, 5.41) is 12.5. The van der Waals surface area contributed by atoms with E-state index in [4.69, 9.17) is 9.84 Å². The Kier molecular flexibility index (Phi) is 6.22. The van der Waals surface area contributed by atoms with Gasteiger partial charge in [0.05, 0.1) is 24.6 Å². The number of ether oxygens (including phenoxy) is 1. The molecule has 1 atom stereocenters. The second kappa shape index (κ2) is 8.16. The largest absolute Gasteiger partial charge is 0.497 e. The van der Waals surface area contributed by atoms with E-state index in [0.717, 1.165) is 22.0 Å². The third-order valence-corrected chi connectivity index (χ3v) is 5.52. The number of amides is 1. The molecule has 6 nitrogen and oxygen atoms in total. The zero-order valence-electron chi connectivity index (χ0n) is 13.5. The van der Waals surface area contributed by atoms with E-state index in [1.54, 1.807) is 21.0 Å². The van der Waals surface area contributed by atoms with E-state index >= 15 is 0 Å². The monoisotopic (exact) mass is 366 g/mol. The van der Waals surface area contributed by atoms with Crippen molar-refractivity contribution < 1.29 is 19.4 Å². The number of carboxylic acids is 1. The summed E-state index contributed by atoms with van der Waals surface area (Å²) in [6.07, 6.45) is 0. The number of aromatic nitrogens is 1. The number of carbonyl (C=O) groups excluding carboxylic acids is 1. The number of rotatable bonds is 7. The lowest BCUT2D eigenvalue weighted by Crippen LogP contribution is -2.28. The number of benzene rings is 1. The molecular weight excluding hydrogens is 348 g/mol.